The third-order valence-electron chi connectivity index (χ3n) is 4.76. The fourth-order valence-electron chi connectivity index (χ4n) is 3.30. The SMILES string of the molecule is CN(C)c1nc2oc(-c3cccc(CC/C(=N/N)NN)c3)nc2c2c1ncn2C. The van der Waals surface area contributed by atoms with Crippen LogP contribution in [0.1, 0.15) is 12.0 Å². The third-order valence-corrected chi connectivity index (χ3v) is 4.76. The minimum absolute atomic E-state index is 0.482. The summed E-state index contributed by atoms with van der Waals surface area (Å²) in [6, 6.07) is 7.98. The highest BCUT2D eigenvalue weighted by Crippen LogP contribution is 2.32. The maximum atomic E-state index is 6.03. The van der Waals surface area contributed by atoms with Crippen molar-refractivity contribution >= 4 is 33.9 Å². The third kappa shape index (κ3) is 3.34. The summed E-state index contributed by atoms with van der Waals surface area (Å²) in [5.74, 6) is 12.5. The fourth-order valence-corrected chi connectivity index (χ4v) is 3.30. The van der Waals surface area contributed by atoms with Gasteiger partial charge in [-0.25, -0.2) is 15.8 Å². The first-order valence-corrected chi connectivity index (χ1v) is 9.13. The lowest BCUT2D eigenvalue weighted by atomic mass is 10.1. The van der Waals surface area contributed by atoms with Gasteiger partial charge >= 0.3 is 0 Å². The lowest BCUT2D eigenvalue weighted by molar-refractivity contribution is 0.608. The number of aromatic nitrogens is 4. The number of anilines is 1. The molecule has 0 unspecified atom stereocenters. The van der Waals surface area contributed by atoms with Crippen LogP contribution in [-0.4, -0.2) is 39.4 Å². The predicted molar refractivity (Wildman–Crippen MR) is 113 cm³/mol. The van der Waals surface area contributed by atoms with Gasteiger partial charge in [0.25, 0.3) is 5.71 Å². The predicted octanol–water partition coefficient (Wildman–Crippen LogP) is 1.51. The lowest BCUT2D eigenvalue weighted by Crippen LogP contribution is -2.31. The molecule has 4 rings (SSSR count). The Labute approximate surface area is 167 Å². The molecule has 0 saturated carbocycles. The molecule has 0 radical (unpaired) electrons. The number of hydrazine groups is 1. The number of pyridine rings is 1. The van der Waals surface area contributed by atoms with Crippen LogP contribution in [0.25, 0.3) is 33.7 Å². The van der Waals surface area contributed by atoms with Crippen molar-refractivity contribution in [3.8, 4) is 11.5 Å². The van der Waals surface area contributed by atoms with Crippen molar-refractivity contribution in [2.24, 2.45) is 23.8 Å². The Morgan fingerprint density at radius 2 is 2.10 bits per heavy atom. The number of hydrogen-bond acceptors (Lipinski definition) is 8. The van der Waals surface area contributed by atoms with Gasteiger partial charge in [-0.15, -0.1) is 0 Å². The first-order valence-electron chi connectivity index (χ1n) is 9.13. The number of fused-ring (bicyclic) bond motifs is 3. The van der Waals surface area contributed by atoms with Crippen LogP contribution >= 0.6 is 0 Å². The summed E-state index contributed by atoms with van der Waals surface area (Å²) in [5, 5.41) is 3.61. The average Bonchev–Trinajstić information content (AvgIpc) is 3.32. The van der Waals surface area contributed by atoms with Crippen molar-refractivity contribution in [1.82, 2.24) is 24.9 Å². The van der Waals surface area contributed by atoms with Gasteiger partial charge in [0.15, 0.2) is 11.3 Å². The Kier molecular flexibility index (Phi) is 4.77. The van der Waals surface area contributed by atoms with Crippen molar-refractivity contribution in [3.63, 3.8) is 0 Å². The number of rotatable bonds is 5. The van der Waals surface area contributed by atoms with Crippen LogP contribution in [0.5, 0.6) is 0 Å². The Balaban J connectivity index is 1.76. The molecule has 0 atom stereocenters. The van der Waals surface area contributed by atoms with Gasteiger partial charge in [-0.3, -0.25) is 0 Å². The van der Waals surface area contributed by atoms with Crippen LogP contribution in [0.3, 0.4) is 0 Å². The van der Waals surface area contributed by atoms with Crippen molar-refractivity contribution in [1.29, 1.82) is 0 Å². The molecule has 0 bridgehead atoms. The second-order valence-electron chi connectivity index (χ2n) is 6.98. The summed E-state index contributed by atoms with van der Waals surface area (Å²) in [5.41, 5.74) is 7.31. The summed E-state index contributed by atoms with van der Waals surface area (Å²) < 4.78 is 7.97. The van der Waals surface area contributed by atoms with E-state index in [-0.39, 0.29) is 0 Å². The Hall–Kier alpha value is -3.66. The van der Waals surface area contributed by atoms with E-state index in [0.717, 1.165) is 34.4 Å². The molecule has 0 aliphatic rings. The number of oxazole rings is 1. The smallest absolute Gasteiger partial charge is 0.251 e. The molecule has 150 valence electrons. The van der Waals surface area contributed by atoms with E-state index in [2.05, 4.69) is 20.5 Å². The van der Waals surface area contributed by atoms with Gasteiger partial charge in [0.05, 0.1) is 6.33 Å². The molecule has 0 fully saturated rings. The van der Waals surface area contributed by atoms with Crippen LogP contribution in [0.2, 0.25) is 0 Å². The summed E-state index contributed by atoms with van der Waals surface area (Å²) in [7, 11) is 5.79. The monoisotopic (exact) mass is 393 g/mol. The quantitative estimate of drug-likeness (QED) is 0.201. The minimum atomic E-state index is 0.482. The summed E-state index contributed by atoms with van der Waals surface area (Å²) in [4.78, 5) is 15.8. The molecule has 3 aromatic heterocycles. The Morgan fingerprint density at radius 3 is 2.83 bits per heavy atom. The molecule has 0 saturated heterocycles. The highest BCUT2D eigenvalue weighted by Gasteiger charge is 2.20. The Bertz CT molecular complexity index is 1210. The maximum Gasteiger partial charge on any atom is 0.251 e. The van der Waals surface area contributed by atoms with Crippen LogP contribution in [-0.2, 0) is 13.5 Å². The van der Waals surface area contributed by atoms with Crippen molar-refractivity contribution in [2.45, 2.75) is 12.8 Å². The molecule has 3 heterocycles. The highest BCUT2D eigenvalue weighted by atomic mass is 16.4. The van der Waals surface area contributed by atoms with Gasteiger partial charge in [-0.2, -0.15) is 10.1 Å². The summed E-state index contributed by atoms with van der Waals surface area (Å²) in [6.45, 7) is 0. The molecule has 0 aliphatic heterocycles. The van der Waals surface area contributed by atoms with Crippen molar-refractivity contribution in [3.05, 3.63) is 36.2 Å². The number of aryl methyl sites for hydroxylation is 2. The Morgan fingerprint density at radius 1 is 1.28 bits per heavy atom. The molecule has 1 aromatic carbocycles. The van der Waals surface area contributed by atoms with Crippen molar-refractivity contribution < 1.29 is 4.42 Å². The van der Waals surface area contributed by atoms with Crippen LogP contribution in [0, 0.1) is 0 Å². The first-order chi connectivity index (χ1) is 14.0. The number of amidine groups is 1. The first kappa shape index (κ1) is 18.7. The fraction of sp³-hybridized carbons (Fsp3) is 0.263. The number of imidazole rings is 1. The van der Waals surface area contributed by atoms with E-state index >= 15 is 0 Å². The largest absolute Gasteiger partial charge is 0.418 e. The van der Waals surface area contributed by atoms with E-state index in [1.807, 2.05) is 54.9 Å². The molecular formula is C19H23N9O. The molecule has 4 aromatic rings. The molecule has 0 aliphatic carbocycles. The van der Waals surface area contributed by atoms with Gasteiger partial charge in [-0.05, 0) is 24.1 Å². The van der Waals surface area contributed by atoms with Gasteiger partial charge in [-0.1, -0.05) is 12.1 Å². The molecule has 29 heavy (non-hydrogen) atoms. The number of benzene rings is 1. The molecule has 5 N–H and O–H groups in total. The zero-order valence-corrected chi connectivity index (χ0v) is 16.5. The molecule has 10 heteroatoms. The summed E-state index contributed by atoms with van der Waals surface area (Å²) in [6.07, 6.45) is 3.09. The van der Waals surface area contributed by atoms with Crippen LogP contribution < -0.4 is 22.0 Å². The van der Waals surface area contributed by atoms with Gasteiger partial charge < -0.3 is 25.2 Å². The normalized spacial score (nSPS) is 12.1. The van der Waals surface area contributed by atoms with E-state index in [4.69, 9.17) is 21.1 Å². The van der Waals surface area contributed by atoms with Crippen LogP contribution in [0.4, 0.5) is 5.82 Å². The number of hydrazone groups is 1. The van der Waals surface area contributed by atoms with Crippen LogP contribution in [0.15, 0.2) is 40.1 Å². The molecule has 0 spiro atoms. The minimum Gasteiger partial charge on any atom is -0.418 e. The molecular weight excluding hydrogens is 370 g/mol. The van der Waals surface area contributed by atoms with Gasteiger partial charge in [0.1, 0.15) is 16.9 Å². The second kappa shape index (κ2) is 7.40. The van der Waals surface area contributed by atoms with E-state index in [1.54, 1.807) is 6.33 Å². The number of nitrogens with two attached hydrogens (primary N) is 2. The average molecular weight is 393 g/mol. The molecule has 0 amide bonds. The zero-order valence-electron chi connectivity index (χ0n) is 16.5. The standard InChI is InChI=1S/C19H23N9O/c1-27(2)17-14-16(28(3)10-22-14)15-19(24-17)29-18(23-15)12-6-4-5-11(9-12)7-8-13(25-20)26-21/h4-6,9-10H,7-8,20-21H2,1-3H3,(H,25,26). The van der Waals surface area contributed by atoms with Gasteiger partial charge in [0, 0.05) is 33.1 Å². The molecule has 10 nitrogen and oxygen atoms in total. The van der Waals surface area contributed by atoms with Crippen molar-refractivity contribution in [2.75, 3.05) is 19.0 Å². The number of nitrogens with one attached hydrogen (secondary N) is 1. The van der Waals surface area contributed by atoms with E-state index in [0.29, 0.717) is 29.4 Å². The van der Waals surface area contributed by atoms with E-state index in [9.17, 15) is 0 Å². The maximum absolute atomic E-state index is 6.03. The van der Waals surface area contributed by atoms with Gasteiger partial charge in [0.2, 0.25) is 5.89 Å². The summed E-state index contributed by atoms with van der Waals surface area (Å²) >= 11 is 0. The lowest BCUT2D eigenvalue weighted by Gasteiger charge is -2.11. The number of hydrogen-bond donors (Lipinski definition) is 3. The zero-order chi connectivity index (χ0) is 20.5. The van der Waals surface area contributed by atoms with E-state index in [1.165, 1.54) is 0 Å². The topological polar surface area (TPSA) is 136 Å². The van der Waals surface area contributed by atoms with E-state index < -0.39 is 0 Å². The highest BCUT2D eigenvalue weighted by molar-refractivity contribution is 6.03. The number of nitrogens with zero attached hydrogens (tertiary/aromatic N) is 6. The second-order valence-corrected chi connectivity index (χ2v) is 6.98.